The molecule has 0 N–H and O–H groups in total. The van der Waals surface area contributed by atoms with Crippen molar-refractivity contribution < 1.29 is 8.42 Å². The van der Waals surface area contributed by atoms with Crippen LogP contribution in [0.2, 0.25) is 0 Å². The molecular formula is C17H17NO2S. The highest BCUT2D eigenvalue weighted by Gasteiger charge is 2.32. The van der Waals surface area contributed by atoms with Gasteiger partial charge in [0.25, 0.3) is 9.84 Å². The molecule has 21 heavy (non-hydrogen) atoms. The van der Waals surface area contributed by atoms with Crippen molar-refractivity contribution in [1.29, 1.82) is 0 Å². The zero-order valence-electron chi connectivity index (χ0n) is 11.9. The molecule has 1 atom stereocenters. The highest BCUT2D eigenvalue weighted by molar-refractivity contribution is 7.92. The standard InChI is InChI=1S/C17H17NO2S/c1-14-8-11-16(12-9-14)21(19,20)17(18-2)13-10-15-6-4-3-5-7-15/h3-9,11-12,17H,10,13H2,1H3. The average Bonchev–Trinajstić information content (AvgIpc) is 2.49. The fraction of sp³-hybridized carbons (Fsp3) is 0.235. The molecule has 0 saturated carbocycles. The third-order valence-electron chi connectivity index (χ3n) is 3.37. The molecule has 0 aliphatic carbocycles. The van der Waals surface area contributed by atoms with Gasteiger partial charge in [-0.05, 0) is 31.0 Å². The van der Waals surface area contributed by atoms with Gasteiger partial charge in [-0.3, -0.25) is 4.85 Å². The van der Waals surface area contributed by atoms with Gasteiger partial charge in [0.15, 0.2) is 0 Å². The molecule has 0 aliphatic heterocycles. The highest BCUT2D eigenvalue weighted by Crippen LogP contribution is 2.21. The summed E-state index contributed by atoms with van der Waals surface area (Å²) in [6.07, 6.45) is 0.892. The lowest BCUT2D eigenvalue weighted by molar-refractivity contribution is 0.583. The van der Waals surface area contributed by atoms with Gasteiger partial charge in [-0.2, -0.15) is 0 Å². The van der Waals surface area contributed by atoms with Crippen LogP contribution in [0.25, 0.3) is 4.85 Å². The number of sulfone groups is 1. The Balaban J connectivity index is 2.17. The van der Waals surface area contributed by atoms with E-state index in [0.717, 1.165) is 11.1 Å². The first-order valence-corrected chi connectivity index (χ1v) is 8.30. The lowest BCUT2D eigenvalue weighted by Gasteiger charge is -2.08. The normalized spacial score (nSPS) is 12.6. The van der Waals surface area contributed by atoms with Gasteiger partial charge in [0, 0.05) is 6.42 Å². The second-order valence-corrected chi connectivity index (χ2v) is 7.07. The zero-order valence-corrected chi connectivity index (χ0v) is 12.7. The molecule has 0 amide bonds. The first-order chi connectivity index (χ1) is 10.0. The second-order valence-electron chi connectivity index (χ2n) is 4.97. The van der Waals surface area contributed by atoms with Crippen LogP contribution in [-0.2, 0) is 16.3 Å². The van der Waals surface area contributed by atoms with Gasteiger partial charge >= 0.3 is 5.37 Å². The van der Waals surface area contributed by atoms with E-state index >= 15 is 0 Å². The van der Waals surface area contributed by atoms with Gasteiger partial charge in [-0.1, -0.05) is 48.0 Å². The fourth-order valence-electron chi connectivity index (χ4n) is 2.11. The van der Waals surface area contributed by atoms with E-state index in [4.69, 9.17) is 6.57 Å². The summed E-state index contributed by atoms with van der Waals surface area (Å²) in [5, 5.41) is -1.03. The van der Waals surface area contributed by atoms with E-state index < -0.39 is 15.2 Å². The zero-order chi connectivity index (χ0) is 15.3. The van der Waals surface area contributed by atoms with Crippen molar-refractivity contribution in [2.24, 2.45) is 0 Å². The summed E-state index contributed by atoms with van der Waals surface area (Å²) in [5.74, 6) is 0. The monoisotopic (exact) mass is 299 g/mol. The third-order valence-corrected chi connectivity index (χ3v) is 5.36. The van der Waals surface area contributed by atoms with Gasteiger partial charge < -0.3 is 0 Å². The number of nitrogens with zero attached hydrogens (tertiary/aromatic N) is 1. The summed E-state index contributed by atoms with van der Waals surface area (Å²) >= 11 is 0. The largest absolute Gasteiger partial charge is 0.325 e. The van der Waals surface area contributed by atoms with Crippen molar-refractivity contribution in [2.45, 2.75) is 30.0 Å². The van der Waals surface area contributed by atoms with Crippen molar-refractivity contribution in [1.82, 2.24) is 0 Å². The van der Waals surface area contributed by atoms with Crippen LogP contribution in [0.5, 0.6) is 0 Å². The first kappa shape index (κ1) is 15.3. The van der Waals surface area contributed by atoms with Crippen LogP contribution in [-0.4, -0.2) is 13.8 Å². The minimum Gasteiger partial charge on any atom is -0.296 e. The number of hydrogen-bond donors (Lipinski definition) is 0. The maximum atomic E-state index is 12.5. The topological polar surface area (TPSA) is 38.5 Å². The lowest BCUT2D eigenvalue weighted by Crippen LogP contribution is -2.18. The molecule has 2 aromatic rings. The second kappa shape index (κ2) is 6.55. The molecule has 0 heterocycles. The molecule has 1 unspecified atom stereocenters. The molecule has 3 nitrogen and oxygen atoms in total. The van der Waals surface area contributed by atoms with Gasteiger partial charge in [0.2, 0.25) is 0 Å². The molecule has 0 aromatic heterocycles. The highest BCUT2D eigenvalue weighted by atomic mass is 32.2. The summed E-state index contributed by atoms with van der Waals surface area (Å²) in [4.78, 5) is 3.56. The van der Waals surface area contributed by atoms with E-state index in [1.165, 1.54) is 0 Å². The molecule has 0 fully saturated rings. The van der Waals surface area contributed by atoms with Crippen molar-refractivity contribution >= 4 is 9.84 Å². The SMILES string of the molecule is [C-]#[N+]C(CCc1ccccc1)S(=O)(=O)c1ccc(C)cc1. The quantitative estimate of drug-likeness (QED) is 0.791. The average molecular weight is 299 g/mol. The van der Waals surface area contributed by atoms with E-state index in [-0.39, 0.29) is 4.90 Å². The molecule has 0 saturated heterocycles. The summed E-state index contributed by atoms with van der Waals surface area (Å²) in [6, 6.07) is 16.3. The Morgan fingerprint density at radius 3 is 2.24 bits per heavy atom. The molecule has 0 aliphatic rings. The van der Waals surface area contributed by atoms with Crippen LogP contribution in [0.15, 0.2) is 59.5 Å². The van der Waals surface area contributed by atoms with E-state index in [1.54, 1.807) is 24.3 Å². The molecule has 108 valence electrons. The van der Waals surface area contributed by atoms with Crippen molar-refractivity contribution in [2.75, 3.05) is 0 Å². The maximum Gasteiger partial charge on any atom is 0.325 e. The molecule has 2 aromatic carbocycles. The van der Waals surface area contributed by atoms with Gasteiger partial charge in [0.05, 0.1) is 4.90 Å². The van der Waals surface area contributed by atoms with Crippen molar-refractivity contribution in [3.05, 3.63) is 77.1 Å². The minimum atomic E-state index is -3.59. The molecule has 0 radical (unpaired) electrons. The van der Waals surface area contributed by atoms with Crippen LogP contribution < -0.4 is 0 Å². The maximum absolute atomic E-state index is 12.5. The Morgan fingerprint density at radius 2 is 1.67 bits per heavy atom. The van der Waals surface area contributed by atoms with Crippen molar-refractivity contribution in [3.8, 4) is 0 Å². The summed E-state index contributed by atoms with van der Waals surface area (Å²) in [6.45, 7) is 9.12. The molecule has 2 rings (SSSR count). The Bertz CT molecular complexity index is 729. The predicted molar refractivity (Wildman–Crippen MR) is 83.5 cm³/mol. The van der Waals surface area contributed by atoms with E-state index in [0.29, 0.717) is 12.8 Å². The van der Waals surface area contributed by atoms with Crippen molar-refractivity contribution in [3.63, 3.8) is 0 Å². The molecule has 0 bridgehead atoms. The molecule has 4 heteroatoms. The number of aryl methyl sites for hydroxylation is 2. The van der Waals surface area contributed by atoms with Crippen LogP contribution in [0.4, 0.5) is 0 Å². The van der Waals surface area contributed by atoms with Gasteiger partial charge in [-0.25, -0.2) is 15.0 Å². The Morgan fingerprint density at radius 1 is 1.05 bits per heavy atom. The minimum absolute atomic E-state index is 0.224. The van der Waals surface area contributed by atoms with E-state index in [1.807, 2.05) is 37.3 Å². The molecule has 0 spiro atoms. The lowest BCUT2D eigenvalue weighted by atomic mass is 10.1. The fourth-order valence-corrected chi connectivity index (χ4v) is 3.51. The van der Waals surface area contributed by atoms with Crippen LogP contribution in [0, 0.1) is 13.5 Å². The van der Waals surface area contributed by atoms with Gasteiger partial charge in [-0.15, -0.1) is 0 Å². The van der Waals surface area contributed by atoms with E-state index in [2.05, 4.69) is 4.85 Å². The van der Waals surface area contributed by atoms with Gasteiger partial charge in [0.1, 0.15) is 0 Å². The third kappa shape index (κ3) is 3.71. The van der Waals surface area contributed by atoms with E-state index in [9.17, 15) is 8.42 Å². The summed E-state index contributed by atoms with van der Waals surface area (Å²) in [7, 11) is -3.59. The predicted octanol–water partition coefficient (Wildman–Crippen LogP) is 3.65. The van der Waals surface area contributed by atoms with Crippen LogP contribution in [0.3, 0.4) is 0 Å². The number of hydrogen-bond acceptors (Lipinski definition) is 2. The summed E-state index contributed by atoms with van der Waals surface area (Å²) in [5.41, 5.74) is 2.04. The van der Waals surface area contributed by atoms with Crippen LogP contribution >= 0.6 is 0 Å². The molecular weight excluding hydrogens is 282 g/mol. The van der Waals surface area contributed by atoms with Crippen LogP contribution in [0.1, 0.15) is 17.5 Å². The Labute approximate surface area is 126 Å². The Kier molecular flexibility index (Phi) is 4.77. The number of benzene rings is 2. The smallest absolute Gasteiger partial charge is 0.296 e. The Hall–Kier alpha value is -2.12. The first-order valence-electron chi connectivity index (χ1n) is 6.75. The summed E-state index contributed by atoms with van der Waals surface area (Å²) < 4.78 is 25.0. The number of rotatable bonds is 5.